The Kier molecular flexibility index (Phi) is 4.12. The first kappa shape index (κ1) is 14.3. The molecule has 3 aliphatic heterocycles. The highest BCUT2D eigenvalue weighted by molar-refractivity contribution is 5.85. The summed E-state index contributed by atoms with van der Waals surface area (Å²) in [5, 5.41) is 1.86. The van der Waals surface area contributed by atoms with Crippen LogP contribution in [0.2, 0.25) is 0 Å². The predicted molar refractivity (Wildman–Crippen MR) is 77.8 cm³/mol. The molecule has 0 radical (unpaired) electrons. The molecule has 3 rings (SSSR count). The lowest BCUT2D eigenvalue weighted by atomic mass is 10.1. The van der Waals surface area contributed by atoms with Crippen molar-refractivity contribution < 1.29 is 9.59 Å². The zero-order chi connectivity index (χ0) is 14.8. The van der Waals surface area contributed by atoms with Crippen LogP contribution < -0.4 is 5.43 Å². The molecule has 0 aromatic heterocycles. The minimum absolute atomic E-state index is 0.0914. The van der Waals surface area contributed by atoms with Crippen molar-refractivity contribution in [2.45, 2.75) is 18.9 Å². The molecule has 3 heterocycles. The Balaban J connectivity index is 1.50. The number of amides is 2. The highest BCUT2D eigenvalue weighted by Gasteiger charge is 2.34. The topological polar surface area (TPSA) is 59.1 Å². The molecule has 7 nitrogen and oxygen atoms in total. The largest absolute Gasteiger partial charge is 0.340 e. The summed E-state index contributed by atoms with van der Waals surface area (Å²) in [6.07, 6.45) is 4.89. The van der Waals surface area contributed by atoms with Gasteiger partial charge < -0.3 is 19.7 Å². The lowest BCUT2D eigenvalue weighted by Gasteiger charge is -2.34. The monoisotopic (exact) mass is 293 g/mol. The molecule has 3 aliphatic rings. The van der Waals surface area contributed by atoms with E-state index in [1.165, 1.54) is 0 Å². The van der Waals surface area contributed by atoms with E-state index in [0.717, 1.165) is 39.1 Å². The molecule has 2 saturated heterocycles. The van der Waals surface area contributed by atoms with Crippen molar-refractivity contribution in [2.24, 2.45) is 0 Å². The third kappa shape index (κ3) is 3.03. The number of nitrogens with one attached hydrogen (secondary N) is 1. The molecule has 0 aromatic carbocycles. The summed E-state index contributed by atoms with van der Waals surface area (Å²) in [6.45, 7) is 4.74. The smallest absolute Gasteiger partial charge is 0.250 e. The average Bonchev–Trinajstić information content (AvgIpc) is 2.96. The molecule has 2 amide bonds. The van der Waals surface area contributed by atoms with Crippen LogP contribution >= 0.6 is 0 Å². The summed E-state index contributed by atoms with van der Waals surface area (Å²) >= 11 is 0. The first-order valence-electron chi connectivity index (χ1n) is 7.62. The van der Waals surface area contributed by atoms with Crippen molar-refractivity contribution in [3.63, 3.8) is 0 Å². The van der Waals surface area contributed by atoms with E-state index in [4.69, 9.17) is 0 Å². The van der Waals surface area contributed by atoms with Gasteiger partial charge in [-0.05, 0) is 13.5 Å². The summed E-state index contributed by atoms with van der Waals surface area (Å²) in [5.41, 5.74) is 3.15. The second-order valence-corrected chi connectivity index (χ2v) is 5.88. The van der Waals surface area contributed by atoms with Gasteiger partial charge in [-0.1, -0.05) is 0 Å². The van der Waals surface area contributed by atoms with E-state index in [1.807, 2.05) is 16.1 Å². The van der Waals surface area contributed by atoms with Crippen LogP contribution in [-0.4, -0.2) is 83.9 Å². The summed E-state index contributed by atoms with van der Waals surface area (Å²) < 4.78 is 0. The van der Waals surface area contributed by atoms with E-state index in [-0.39, 0.29) is 17.9 Å². The van der Waals surface area contributed by atoms with Gasteiger partial charge in [0.25, 0.3) is 5.91 Å². The highest BCUT2D eigenvalue weighted by atomic mass is 16.2. The Bertz CT molecular complexity index is 445. The van der Waals surface area contributed by atoms with Crippen molar-refractivity contribution >= 4 is 11.8 Å². The predicted octanol–water partition coefficient (Wildman–Crippen LogP) is -0.957. The third-order valence-electron chi connectivity index (χ3n) is 4.45. The van der Waals surface area contributed by atoms with Crippen LogP contribution in [0.5, 0.6) is 0 Å². The van der Waals surface area contributed by atoms with Gasteiger partial charge in [-0.25, -0.2) is 5.43 Å². The molecule has 0 bridgehead atoms. The zero-order valence-corrected chi connectivity index (χ0v) is 12.5. The number of likely N-dealkylation sites (N-methyl/N-ethyl adjacent to an activating group) is 1. The van der Waals surface area contributed by atoms with Crippen molar-refractivity contribution in [2.75, 3.05) is 46.3 Å². The standard InChI is InChI=1S/C14H23N5O2/c1-16-6-8-17(9-7-16)13(20)3-5-18-10-11-19-12(14(18)21)2-4-15-19/h10-12,15H,2-9H2,1H3. The zero-order valence-electron chi connectivity index (χ0n) is 12.5. The van der Waals surface area contributed by atoms with Crippen LogP contribution in [0.3, 0.4) is 0 Å². The maximum atomic E-state index is 12.3. The van der Waals surface area contributed by atoms with Crippen molar-refractivity contribution in [3.05, 3.63) is 12.4 Å². The molecule has 0 spiro atoms. The van der Waals surface area contributed by atoms with Crippen molar-refractivity contribution in [1.29, 1.82) is 0 Å². The van der Waals surface area contributed by atoms with Gasteiger partial charge in [-0.15, -0.1) is 0 Å². The fourth-order valence-electron chi connectivity index (χ4n) is 3.01. The number of piperazine rings is 1. The molecule has 21 heavy (non-hydrogen) atoms. The average molecular weight is 293 g/mol. The normalized spacial score (nSPS) is 26.4. The molecule has 1 atom stereocenters. The van der Waals surface area contributed by atoms with E-state index in [2.05, 4.69) is 17.4 Å². The molecule has 2 fully saturated rings. The number of carbonyl (C=O) groups excluding carboxylic acids is 2. The molecule has 1 unspecified atom stereocenters. The summed E-state index contributed by atoms with van der Waals surface area (Å²) in [6, 6.07) is -0.103. The molecule has 116 valence electrons. The van der Waals surface area contributed by atoms with Crippen LogP contribution in [0.4, 0.5) is 0 Å². The minimum atomic E-state index is -0.103. The first-order valence-corrected chi connectivity index (χ1v) is 7.62. The van der Waals surface area contributed by atoms with E-state index in [0.29, 0.717) is 13.0 Å². The van der Waals surface area contributed by atoms with Gasteiger partial charge in [0.2, 0.25) is 5.91 Å². The third-order valence-corrected chi connectivity index (χ3v) is 4.45. The van der Waals surface area contributed by atoms with Crippen LogP contribution in [0, 0.1) is 0 Å². The van der Waals surface area contributed by atoms with Crippen LogP contribution in [0.1, 0.15) is 12.8 Å². The Morgan fingerprint density at radius 1 is 1.29 bits per heavy atom. The molecule has 0 aromatic rings. The van der Waals surface area contributed by atoms with E-state index < -0.39 is 0 Å². The molecule has 0 aliphatic carbocycles. The van der Waals surface area contributed by atoms with Crippen molar-refractivity contribution in [3.8, 4) is 0 Å². The van der Waals surface area contributed by atoms with Gasteiger partial charge in [-0.2, -0.15) is 0 Å². The number of hydrazine groups is 1. The quantitative estimate of drug-likeness (QED) is 0.726. The SMILES string of the molecule is CN1CCN(C(=O)CCN2C=CN3NCCC3C2=O)CC1. The minimum Gasteiger partial charge on any atom is -0.340 e. The summed E-state index contributed by atoms with van der Waals surface area (Å²) in [4.78, 5) is 30.3. The Morgan fingerprint density at radius 3 is 2.81 bits per heavy atom. The molecule has 7 heteroatoms. The van der Waals surface area contributed by atoms with Crippen LogP contribution in [0.15, 0.2) is 12.4 Å². The second kappa shape index (κ2) is 6.03. The van der Waals surface area contributed by atoms with Gasteiger partial charge in [0.1, 0.15) is 6.04 Å². The molecule has 1 N–H and O–H groups in total. The first-order chi connectivity index (χ1) is 10.1. The Hall–Kier alpha value is -1.60. The summed E-state index contributed by atoms with van der Waals surface area (Å²) in [7, 11) is 2.07. The molecular weight excluding hydrogens is 270 g/mol. The van der Waals surface area contributed by atoms with Crippen molar-refractivity contribution in [1.82, 2.24) is 25.1 Å². The van der Waals surface area contributed by atoms with Crippen LogP contribution in [0.25, 0.3) is 0 Å². The number of nitrogens with zero attached hydrogens (tertiary/aromatic N) is 4. The fraction of sp³-hybridized carbons (Fsp3) is 0.714. The van der Waals surface area contributed by atoms with E-state index in [1.54, 1.807) is 11.1 Å². The fourth-order valence-corrected chi connectivity index (χ4v) is 3.01. The Morgan fingerprint density at radius 2 is 2.05 bits per heavy atom. The molecule has 0 saturated carbocycles. The van der Waals surface area contributed by atoms with Crippen LogP contribution in [-0.2, 0) is 9.59 Å². The number of hydrogen-bond acceptors (Lipinski definition) is 5. The molecular formula is C14H23N5O2. The lowest BCUT2D eigenvalue weighted by Crippen LogP contribution is -2.50. The highest BCUT2D eigenvalue weighted by Crippen LogP contribution is 2.18. The number of fused-ring (bicyclic) bond motifs is 1. The van der Waals surface area contributed by atoms with E-state index in [9.17, 15) is 9.59 Å². The lowest BCUT2D eigenvalue weighted by molar-refractivity contribution is -0.136. The number of hydrogen-bond donors (Lipinski definition) is 1. The van der Waals surface area contributed by atoms with Gasteiger partial charge in [-0.3, -0.25) is 9.59 Å². The van der Waals surface area contributed by atoms with E-state index >= 15 is 0 Å². The number of carbonyl (C=O) groups is 2. The maximum absolute atomic E-state index is 12.3. The second-order valence-electron chi connectivity index (χ2n) is 5.88. The van der Waals surface area contributed by atoms with Gasteiger partial charge in [0.15, 0.2) is 0 Å². The maximum Gasteiger partial charge on any atom is 0.250 e. The van der Waals surface area contributed by atoms with Gasteiger partial charge >= 0.3 is 0 Å². The Labute approximate surface area is 125 Å². The van der Waals surface area contributed by atoms with Gasteiger partial charge in [0, 0.05) is 58.1 Å². The number of rotatable bonds is 3. The van der Waals surface area contributed by atoms with Gasteiger partial charge in [0.05, 0.1) is 0 Å². The summed E-state index contributed by atoms with van der Waals surface area (Å²) in [5.74, 6) is 0.241.